The average molecular weight is 242 g/mol. The zero-order valence-corrected chi connectivity index (χ0v) is 13.5. The Kier molecular flexibility index (Phi) is 6.71. The van der Waals surface area contributed by atoms with Gasteiger partial charge in [-0.2, -0.15) is 0 Å². The molecule has 0 spiro atoms. The van der Waals surface area contributed by atoms with Gasteiger partial charge in [-0.3, -0.25) is 4.90 Å². The van der Waals surface area contributed by atoms with Crippen LogP contribution in [0.4, 0.5) is 0 Å². The molecule has 1 N–H and O–H groups in total. The number of likely N-dealkylation sites (N-methyl/N-ethyl adjacent to an activating group) is 1. The van der Waals surface area contributed by atoms with Crippen LogP contribution in [0, 0.1) is 11.8 Å². The van der Waals surface area contributed by atoms with Crippen molar-refractivity contribution in [3.63, 3.8) is 0 Å². The molecule has 0 amide bonds. The maximum absolute atomic E-state index is 3.64. The van der Waals surface area contributed by atoms with Crippen LogP contribution in [0.25, 0.3) is 0 Å². The molecule has 0 heterocycles. The fourth-order valence-electron chi connectivity index (χ4n) is 2.03. The summed E-state index contributed by atoms with van der Waals surface area (Å²) in [4.78, 5) is 2.54. The molecule has 0 aromatic heterocycles. The van der Waals surface area contributed by atoms with Crippen molar-refractivity contribution in [2.75, 3.05) is 13.6 Å². The van der Waals surface area contributed by atoms with Gasteiger partial charge < -0.3 is 5.32 Å². The lowest BCUT2D eigenvalue weighted by molar-refractivity contribution is 0.109. The molecule has 2 heteroatoms. The van der Waals surface area contributed by atoms with Gasteiger partial charge >= 0.3 is 0 Å². The van der Waals surface area contributed by atoms with Crippen molar-refractivity contribution in [2.24, 2.45) is 11.8 Å². The van der Waals surface area contributed by atoms with Gasteiger partial charge in [-0.15, -0.1) is 0 Å². The molecular formula is C15H34N2. The Bertz CT molecular complexity index is 203. The minimum Gasteiger partial charge on any atom is -0.311 e. The van der Waals surface area contributed by atoms with Crippen molar-refractivity contribution in [2.45, 2.75) is 73.0 Å². The van der Waals surface area contributed by atoms with Gasteiger partial charge in [-0.1, -0.05) is 27.7 Å². The average Bonchev–Trinajstić information content (AvgIpc) is 2.13. The molecule has 2 nitrogen and oxygen atoms in total. The van der Waals surface area contributed by atoms with Gasteiger partial charge in [-0.05, 0) is 46.6 Å². The van der Waals surface area contributed by atoms with E-state index < -0.39 is 0 Å². The predicted octanol–water partition coefficient (Wildman–Crippen LogP) is 3.38. The van der Waals surface area contributed by atoms with Crippen molar-refractivity contribution in [3.05, 3.63) is 0 Å². The maximum atomic E-state index is 3.64. The van der Waals surface area contributed by atoms with E-state index in [1.165, 1.54) is 0 Å². The van der Waals surface area contributed by atoms with Crippen LogP contribution >= 0.6 is 0 Å². The van der Waals surface area contributed by atoms with E-state index in [9.17, 15) is 0 Å². The number of nitrogens with zero attached hydrogens (tertiary/aromatic N) is 1. The Morgan fingerprint density at radius 2 is 1.41 bits per heavy atom. The zero-order chi connectivity index (χ0) is 13.8. The summed E-state index contributed by atoms with van der Waals surface area (Å²) in [5.41, 5.74) is 0.203. The lowest BCUT2D eigenvalue weighted by Gasteiger charge is -2.39. The summed E-state index contributed by atoms with van der Waals surface area (Å²) in [6.45, 7) is 19.3. The molecule has 0 aliphatic carbocycles. The van der Waals surface area contributed by atoms with Crippen molar-refractivity contribution >= 4 is 0 Å². The van der Waals surface area contributed by atoms with Gasteiger partial charge in [0.1, 0.15) is 0 Å². The third-order valence-electron chi connectivity index (χ3n) is 3.74. The summed E-state index contributed by atoms with van der Waals surface area (Å²) in [5, 5.41) is 3.64. The summed E-state index contributed by atoms with van der Waals surface area (Å²) in [6.07, 6.45) is 0. The first kappa shape index (κ1) is 16.9. The third-order valence-corrected chi connectivity index (χ3v) is 3.74. The van der Waals surface area contributed by atoms with E-state index in [2.05, 4.69) is 72.7 Å². The second-order valence-electron chi connectivity index (χ2n) is 7.09. The molecule has 0 saturated heterocycles. The highest BCUT2D eigenvalue weighted by Crippen LogP contribution is 2.17. The molecule has 2 unspecified atom stereocenters. The molecule has 17 heavy (non-hydrogen) atoms. The Morgan fingerprint density at radius 1 is 0.941 bits per heavy atom. The Morgan fingerprint density at radius 3 is 1.71 bits per heavy atom. The second-order valence-corrected chi connectivity index (χ2v) is 7.09. The van der Waals surface area contributed by atoms with E-state index >= 15 is 0 Å². The molecule has 0 rings (SSSR count). The third kappa shape index (κ3) is 6.42. The Hall–Kier alpha value is -0.0800. The van der Waals surface area contributed by atoms with Crippen LogP contribution in [0.3, 0.4) is 0 Å². The van der Waals surface area contributed by atoms with E-state index in [-0.39, 0.29) is 5.54 Å². The number of hydrogen-bond acceptors (Lipinski definition) is 2. The highest BCUT2D eigenvalue weighted by Gasteiger charge is 2.25. The van der Waals surface area contributed by atoms with Gasteiger partial charge in [-0.25, -0.2) is 0 Å². The summed E-state index contributed by atoms with van der Waals surface area (Å²) >= 11 is 0. The molecule has 0 saturated carbocycles. The molecule has 0 aliphatic rings. The summed E-state index contributed by atoms with van der Waals surface area (Å²) in [6, 6.07) is 1.23. The Balaban J connectivity index is 4.52. The highest BCUT2D eigenvalue weighted by atomic mass is 15.2. The summed E-state index contributed by atoms with van der Waals surface area (Å²) in [7, 11) is 2.26. The first-order valence-electron chi connectivity index (χ1n) is 7.03. The van der Waals surface area contributed by atoms with Crippen molar-refractivity contribution in [3.8, 4) is 0 Å². The van der Waals surface area contributed by atoms with Gasteiger partial charge in [0.05, 0.1) is 0 Å². The second kappa shape index (κ2) is 6.75. The van der Waals surface area contributed by atoms with Crippen LogP contribution in [0.5, 0.6) is 0 Å². The van der Waals surface area contributed by atoms with Gasteiger partial charge in [0, 0.05) is 24.2 Å². The van der Waals surface area contributed by atoms with Crippen LogP contribution in [0.2, 0.25) is 0 Å². The lowest BCUT2D eigenvalue weighted by atomic mass is 9.96. The smallest absolute Gasteiger partial charge is 0.0243 e. The number of hydrogen-bond donors (Lipinski definition) is 1. The van der Waals surface area contributed by atoms with Crippen molar-refractivity contribution in [1.82, 2.24) is 10.2 Å². The lowest BCUT2D eigenvalue weighted by Crippen LogP contribution is -2.52. The monoisotopic (exact) mass is 242 g/mol. The SMILES string of the molecule is CC(C)C(C)N(C)C(CNC(C)(C)C)C(C)C. The van der Waals surface area contributed by atoms with Crippen LogP contribution in [0.15, 0.2) is 0 Å². The topological polar surface area (TPSA) is 15.3 Å². The minimum atomic E-state index is 0.203. The minimum absolute atomic E-state index is 0.203. The van der Waals surface area contributed by atoms with Gasteiger partial charge in [0.25, 0.3) is 0 Å². The zero-order valence-electron chi connectivity index (χ0n) is 13.5. The summed E-state index contributed by atoms with van der Waals surface area (Å²) in [5.74, 6) is 1.38. The highest BCUT2D eigenvalue weighted by molar-refractivity contribution is 4.83. The number of rotatable bonds is 6. The van der Waals surface area contributed by atoms with E-state index in [1.807, 2.05) is 0 Å². The van der Waals surface area contributed by atoms with Crippen molar-refractivity contribution < 1.29 is 0 Å². The molecule has 0 radical (unpaired) electrons. The molecule has 0 aliphatic heterocycles. The predicted molar refractivity (Wildman–Crippen MR) is 78.4 cm³/mol. The quantitative estimate of drug-likeness (QED) is 0.768. The maximum Gasteiger partial charge on any atom is 0.0243 e. The molecule has 2 atom stereocenters. The molecule has 0 aromatic rings. The summed E-state index contributed by atoms with van der Waals surface area (Å²) < 4.78 is 0. The van der Waals surface area contributed by atoms with Crippen LogP contribution in [-0.2, 0) is 0 Å². The normalized spacial score (nSPS) is 16.9. The Labute approximate surface area is 109 Å². The van der Waals surface area contributed by atoms with Gasteiger partial charge in [0.2, 0.25) is 0 Å². The largest absolute Gasteiger partial charge is 0.311 e. The first-order valence-corrected chi connectivity index (χ1v) is 7.03. The fraction of sp³-hybridized carbons (Fsp3) is 1.00. The number of nitrogens with one attached hydrogen (secondary N) is 1. The van der Waals surface area contributed by atoms with Gasteiger partial charge in [0.15, 0.2) is 0 Å². The fourth-order valence-corrected chi connectivity index (χ4v) is 2.03. The standard InChI is InChI=1S/C15H34N2/c1-11(2)13(5)17(9)14(12(3)4)10-16-15(6,7)8/h11-14,16H,10H2,1-9H3. The molecular weight excluding hydrogens is 208 g/mol. The van der Waals surface area contributed by atoms with Crippen LogP contribution in [-0.4, -0.2) is 36.1 Å². The van der Waals surface area contributed by atoms with E-state index in [4.69, 9.17) is 0 Å². The first-order chi connectivity index (χ1) is 7.56. The van der Waals surface area contributed by atoms with Crippen LogP contribution in [0.1, 0.15) is 55.4 Å². The van der Waals surface area contributed by atoms with E-state index in [1.54, 1.807) is 0 Å². The van der Waals surface area contributed by atoms with Crippen molar-refractivity contribution in [1.29, 1.82) is 0 Å². The molecule has 0 fully saturated rings. The molecule has 0 bridgehead atoms. The molecule has 0 aromatic carbocycles. The van der Waals surface area contributed by atoms with Crippen LogP contribution < -0.4 is 5.32 Å². The van der Waals surface area contributed by atoms with E-state index in [0.29, 0.717) is 23.9 Å². The molecule has 104 valence electrons. The van der Waals surface area contributed by atoms with E-state index in [0.717, 1.165) is 6.54 Å².